The van der Waals surface area contributed by atoms with E-state index >= 15 is 0 Å². The molecule has 2 aromatic heterocycles. The molecule has 80 valence electrons. The molecule has 0 unspecified atom stereocenters. The largest absolute Gasteiger partial charge is 0.392 e. The quantitative estimate of drug-likeness (QED) is 0.814. The van der Waals surface area contributed by atoms with Crippen LogP contribution in [0.5, 0.6) is 0 Å². The first-order chi connectivity index (χ1) is 7.19. The van der Waals surface area contributed by atoms with Gasteiger partial charge in [-0.2, -0.15) is 5.10 Å². The van der Waals surface area contributed by atoms with Crippen molar-refractivity contribution in [1.82, 2.24) is 14.3 Å². The molecule has 0 aliphatic rings. The predicted molar refractivity (Wildman–Crippen MR) is 57.4 cm³/mol. The van der Waals surface area contributed by atoms with Crippen LogP contribution in [-0.4, -0.2) is 19.5 Å². The van der Waals surface area contributed by atoms with E-state index in [9.17, 15) is 0 Å². The Labute approximate surface area is 88.8 Å². The molecular formula is C11H15N3O. The first kappa shape index (κ1) is 9.98. The van der Waals surface area contributed by atoms with Crippen LogP contribution < -0.4 is 0 Å². The van der Waals surface area contributed by atoms with Gasteiger partial charge in [0.2, 0.25) is 0 Å². The highest BCUT2D eigenvalue weighted by atomic mass is 16.3. The maximum Gasteiger partial charge on any atom is 0.0696 e. The number of hydrogen-bond donors (Lipinski definition) is 1. The lowest BCUT2D eigenvalue weighted by Crippen LogP contribution is -2.03. The second-order valence-corrected chi connectivity index (χ2v) is 3.75. The molecule has 1 N–H and O–H groups in total. The van der Waals surface area contributed by atoms with Crippen molar-refractivity contribution in [2.24, 2.45) is 7.05 Å². The minimum absolute atomic E-state index is 0.0947. The van der Waals surface area contributed by atoms with Gasteiger partial charge in [-0.05, 0) is 24.6 Å². The fourth-order valence-electron chi connectivity index (χ4n) is 1.68. The van der Waals surface area contributed by atoms with Crippen LogP contribution in [-0.2, 0) is 20.2 Å². The van der Waals surface area contributed by atoms with Gasteiger partial charge < -0.3 is 9.67 Å². The van der Waals surface area contributed by atoms with E-state index in [-0.39, 0.29) is 6.61 Å². The van der Waals surface area contributed by atoms with Gasteiger partial charge in [-0.25, -0.2) is 0 Å². The van der Waals surface area contributed by atoms with Crippen molar-refractivity contribution in [2.45, 2.75) is 20.1 Å². The third-order valence-electron chi connectivity index (χ3n) is 2.44. The molecule has 15 heavy (non-hydrogen) atoms. The Morgan fingerprint density at radius 3 is 2.80 bits per heavy atom. The van der Waals surface area contributed by atoms with Crippen molar-refractivity contribution in [2.75, 3.05) is 0 Å². The number of aryl methyl sites for hydroxylation is 2. The summed E-state index contributed by atoms with van der Waals surface area (Å²) in [6.07, 6.45) is 3.91. The van der Waals surface area contributed by atoms with Gasteiger partial charge in [-0.3, -0.25) is 4.68 Å². The van der Waals surface area contributed by atoms with E-state index in [2.05, 4.69) is 11.2 Å². The van der Waals surface area contributed by atoms with E-state index in [1.165, 1.54) is 0 Å². The minimum atomic E-state index is 0.0947. The fourth-order valence-corrected chi connectivity index (χ4v) is 1.68. The average molecular weight is 205 g/mol. The summed E-state index contributed by atoms with van der Waals surface area (Å²) in [5.41, 5.74) is 3.13. The lowest BCUT2D eigenvalue weighted by Gasteiger charge is -2.02. The second kappa shape index (κ2) is 3.90. The summed E-state index contributed by atoms with van der Waals surface area (Å²) < 4.78 is 3.93. The molecule has 2 heterocycles. The first-order valence-corrected chi connectivity index (χ1v) is 4.94. The molecule has 0 aromatic carbocycles. The van der Waals surface area contributed by atoms with Gasteiger partial charge in [-0.15, -0.1) is 0 Å². The number of aliphatic hydroxyl groups excluding tert-OH is 1. The zero-order valence-electron chi connectivity index (χ0n) is 9.01. The first-order valence-electron chi connectivity index (χ1n) is 4.94. The van der Waals surface area contributed by atoms with Crippen molar-refractivity contribution in [3.63, 3.8) is 0 Å². The smallest absolute Gasteiger partial charge is 0.0696 e. The third-order valence-corrected chi connectivity index (χ3v) is 2.44. The van der Waals surface area contributed by atoms with Crippen molar-refractivity contribution in [1.29, 1.82) is 0 Å². The lowest BCUT2D eigenvalue weighted by atomic mass is 10.3. The standard InChI is InChI=1S/C11H15N3O/c1-9-5-11(13(2)12-9)7-14-4-3-10(6-14)8-15/h3-6,15H,7-8H2,1-2H3. The zero-order valence-corrected chi connectivity index (χ0v) is 9.01. The monoisotopic (exact) mass is 205 g/mol. The van der Waals surface area contributed by atoms with Gasteiger partial charge >= 0.3 is 0 Å². The summed E-state index contributed by atoms with van der Waals surface area (Å²) in [5.74, 6) is 0. The summed E-state index contributed by atoms with van der Waals surface area (Å²) in [6, 6.07) is 3.99. The predicted octanol–water partition coefficient (Wildman–Crippen LogP) is 1.07. The Bertz CT molecular complexity index is 456. The summed E-state index contributed by atoms with van der Waals surface area (Å²) in [5, 5.41) is 13.2. The van der Waals surface area contributed by atoms with Crippen LogP contribution in [0.3, 0.4) is 0 Å². The molecule has 0 spiro atoms. The van der Waals surface area contributed by atoms with E-state index in [0.29, 0.717) is 0 Å². The number of nitrogens with zero attached hydrogens (tertiary/aromatic N) is 3. The summed E-state index contributed by atoms with van der Waals surface area (Å²) in [4.78, 5) is 0. The summed E-state index contributed by atoms with van der Waals surface area (Å²) in [6.45, 7) is 2.87. The topological polar surface area (TPSA) is 43.0 Å². The van der Waals surface area contributed by atoms with E-state index in [1.807, 2.05) is 41.7 Å². The molecule has 2 rings (SSSR count). The third kappa shape index (κ3) is 2.10. The van der Waals surface area contributed by atoms with Crippen LogP contribution in [0.15, 0.2) is 24.5 Å². The molecule has 0 fully saturated rings. The maximum atomic E-state index is 8.94. The molecule has 0 saturated heterocycles. The van der Waals surface area contributed by atoms with Crippen molar-refractivity contribution in [3.05, 3.63) is 41.5 Å². The molecule has 0 bridgehead atoms. The summed E-state index contributed by atoms with van der Waals surface area (Å²) >= 11 is 0. The molecule has 0 radical (unpaired) electrons. The normalized spacial score (nSPS) is 10.9. The molecule has 0 aliphatic carbocycles. The molecule has 0 atom stereocenters. The van der Waals surface area contributed by atoms with Gasteiger partial charge in [0.05, 0.1) is 24.5 Å². The average Bonchev–Trinajstić information content (AvgIpc) is 2.75. The minimum Gasteiger partial charge on any atom is -0.392 e. The van der Waals surface area contributed by atoms with Gasteiger partial charge in [0.15, 0.2) is 0 Å². The molecule has 0 amide bonds. The Morgan fingerprint density at radius 2 is 2.27 bits per heavy atom. The molecule has 2 aromatic rings. The van der Waals surface area contributed by atoms with Crippen LogP contribution in [0.2, 0.25) is 0 Å². The number of aliphatic hydroxyl groups is 1. The van der Waals surface area contributed by atoms with Crippen molar-refractivity contribution < 1.29 is 5.11 Å². The molecule has 4 nitrogen and oxygen atoms in total. The summed E-state index contributed by atoms with van der Waals surface area (Å²) in [7, 11) is 1.94. The number of hydrogen-bond acceptors (Lipinski definition) is 2. The Morgan fingerprint density at radius 1 is 1.47 bits per heavy atom. The van der Waals surface area contributed by atoms with Crippen LogP contribution in [0.1, 0.15) is 17.0 Å². The van der Waals surface area contributed by atoms with Crippen LogP contribution >= 0.6 is 0 Å². The van der Waals surface area contributed by atoms with Crippen molar-refractivity contribution in [3.8, 4) is 0 Å². The highest BCUT2D eigenvalue weighted by Gasteiger charge is 2.03. The number of aromatic nitrogens is 3. The van der Waals surface area contributed by atoms with Gasteiger partial charge in [0.1, 0.15) is 0 Å². The van der Waals surface area contributed by atoms with Gasteiger partial charge in [0.25, 0.3) is 0 Å². The highest BCUT2D eigenvalue weighted by molar-refractivity contribution is 5.13. The Kier molecular flexibility index (Phi) is 2.60. The SMILES string of the molecule is Cc1cc(Cn2ccc(CO)c2)n(C)n1. The van der Waals surface area contributed by atoms with Crippen molar-refractivity contribution >= 4 is 0 Å². The second-order valence-electron chi connectivity index (χ2n) is 3.75. The van der Waals surface area contributed by atoms with Crippen LogP contribution in [0.4, 0.5) is 0 Å². The molecular weight excluding hydrogens is 190 g/mol. The number of rotatable bonds is 3. The van der Waals surface area contributed by atoms with E-state index in [0.717, 1.165) is 23.5 Å². The maximum absolute atomic E-state index is 8.94. The van der Waals surface area contributed by atoms with Crippen LogP contribution in [0, 0.1) is 6.92 Å². The Hall–Kier alpha value is -1.55. The van der Waals surface area contributed by atoms with Gasteiger partial charge in [-0.1, -0.05) is 0 Å². The van der Waals surface area contributed by atoms with E-state index in [1.54, 1.807) is 0 Å². The molecule has 0 aliphatic heterocycles. The lowest BCUT2D eigenvalue weighted by molar-refractivity contribution is 0.281. The Balaban J connectivity index is 2.17. The fraction of sp³-hybridized carbons (Fsp3) is 0.364. The molecule has 0 saturated carbocycles. The van der Waals surface area contributed by atoms with Gasteiger partial charge in [0, 0.05) is 19.4 Å². The van der Waals surface area contributed by atoms with E-state index < -0.39 is 0 Å². The van der Waals surface area contributed by atoms with E-state index in [4.69, 9.17) is 5.11 Å². The van der Waals surface area contributed by atoms with Crippen LogP contribution in [0.25, 0.3) is 0 Å². The molecule has 4 heteroatoms. The zero-order chi connectivity index (χ0) is 10.8. The highest BCUT2D eigenvalue weighted by Crippen LogP contribution is 2.07.